The lowest BCUT2D eigenvalue weighted by Crippen LogP contribution is -2.22. The molecular formula is C8H13NO5. The number of allylic oxidation sites excluding steroid dienone is 1. The van der Waals surface area contributed by atoms with E-state index in [-0.39, 0.29) is 6.61 Å². The van der Waals surface area contributed by atoms with E-state index < -0.39 is 18.5 Å². The average molecular weight is 203 g/mol. The van der Waals surface area contributed by atoms with Crippen molar-refractivity contribution in [3.63, 3.8) is 0 Å². The molecule has 0 aromatic rings. The van der Waals surface area contributed by atoms with E-state index in [1.807, 2.05) is 0 Å². The summed E-state index contributed by atoms with van der Waals surface area (Å²) in [4.78, 5) is 26.0. The molecule has 1 N–H and O–H groups in total. The maximum atomic E-state index is 10.8. The van der Waals surface area contributed by atoms with Gasteiger partial charge in [-0.15, -0.1) is 0 Å². The Bertz CT molecular complexity index is 226. The fourth-order valence-corrected chi connectivity index (χ4v) is 0.458. The van der Waals surface area contributed by atoms with Crippen LogP contribution in [-0.4, -0.2) is 32.3 Å². The van der Waals surface area contributed by atoms with Gasteiger partial charge in [0, 0.05) is 5.70 Å². The highest BCUT2D eigenvalue weighted by atomic mass is 16.7. The number of nitrogens with one attached hydrogen (secondary N) is 1. The summed E-state index contributed by atoms with van der Waals surface area (Å²) in [6, 6.07) is 0. The lowest BCUT2D eigenvalue weighted by Gasteiger charge is -2.05. The molecule has 80 valence electrons. The summed E-state index contributed by atoms with van der Waals surface area (Å²) in [5, 5.41) is 0. The van der Waals surface area contributed by atoms with Gasteiger partial charge in [-0.2, -0.15) is 0 Å². The summed E-state index contributed by atoms with van der Waals surface area (Å²) in [7, 11) is 1.20. The van der Waals surface area contributed by atoms with Gasteiger partial charge >= 0.3 is 11.9 Å². The zero-order valence-electron chi connectivity index (χ0n) is 8.16. The number of hydrogen-bond donors (Lipinski definition) is 1. The molecule has 0 bridgehead atoms. The van der Waals surface area contributed by atoms with Crippen LogP contribution >= 0.6 is 0 Å². The van der Waals surface area contributed by atoms with Gasteiger partial charge in [-0.1, -0.05) is 6.58 Å². The molecule has 0 aliphatic rings. The first-order valence-electron chi connectivity index (χ1n) is 3.82. The molecule has 6 nitrogen and oxygen atoms in total. The molecule has 0 aromatic heterocycles. The van der Waals surface area contributed by atoms with E-state index in [1.165, 1.54) is 7.11 Å². The number of carbonyl (C=O) groups excluding carboxylic acids is 2. The summed E-state index contributed by atoms with van der Waals surface area (Å²) < 4.78 is 8.72. The molecule has 0 atom stereocenters. The Balaban J connectivity index is 3.46. The number of hydroxylamine groups is 1. The number of carbonyl (C=O) groups is 2. The molecule has 6 heteroatoms. The van der Waals surface area contributed by atoms with E-state index in [0.29, 0.717) is 5.70 Å². The van der Waals surface area contributed by atoms with Crippen molar-refractivity contribution in [3.05, 3.63) is 12.3 Å². The largest absolute Gasteiger partial charge is 0.466 e. The molecule has 0 saturated carbocycles. The van der Waals surface area contributed by atoms with Crippen LogP contribution in [0.5, 0.6) is 0 Å². The van der Waals surface area contributed by atoms with Gasteiger partial charge in [0.25, 0.3) is 0 Å². The van der Waals surface area contributed by atoms with E-state index in [0.717, 1.165) is 0 Å². The normalized spacial score (nSPS) is 9.00. The minimum atomic E-state index is -0.663. The Kier molecular flexibility index (Phi) is 6.13. The van der Waals surface area contributed by atoms with Crippen LogP contribution in [0.15, 0.2) is 12.3 Å². The Morgan fingerprint density at radius 2 is 1.93 bits per heavy atom. The molecule has 0 radical (unpaired) electrons. The van der Waals surface area contributed by atoms with Crippen molar-refractivity contribution in [2.75, 3.05) is 20.3 Å². The third kappa shape index (κ3) is 7.11. The van der Waals surface area contributed by atoms with Crippen LogP contribution in [0.25, 0.3) is 0 Å². The van der Waals surface area contributed by atoms with E-state index in [1.54, 1.807) is 6.92 Å². The minimum Gasteiger partial charge on any atom is -0.466 e. The fourth-order valence-electron chi connectivity index (χ4n) is 0.458. The lowest BCUT2D eigenvalue weighted by molar-refractivity contribution is -0.161. The third-order valence-electron chi connectivity index (χ3n) is 1.02. The SMILES string of the molecule is C=C(C)NOCC(=O)OCC(=O)OC. The second-order valence-corrected chi connectivity index (χ2v) is 2.41. The maximum Gasteiger partial charge on any atom is 0.344 e. The van der Waals surface area contributed by atoms with Crippen molar-refractivity contribution in [1.82, 2.24) is 5.48 Å². The van der Waals surface area contributed by atoms with Gasteiger partial charge in [-0.05, 0) is 6.92 Å². The van der Waals surface area contributed by atoms with Gasteiger partial charge in [0.15, 0.2) is 13.2 Å². The Morgan fingerprint density at radius 3 is 2.43 bits per heavy atom. The topological polar surface area (TPSA) is 73.9 Å². The summed E-state index contributed by atoms with van der Waals surface area (Å²) in [5.74, 6) is -1.28. The van der Waals surface area contributed by atoms with Gasteiger partial charge in [0.1, 0.15) is 0 Å². The summed E-state index contributed by atoms with van der Waals surface area (Å²) in [5.41, 5.74) is 2.93. The Labute approximate surface area is 81.8 Å². The lowest BCUT2D eigenvalue weighted by atomic mass is 10.6. The van der Waals surface area contributed by atoms with Crippen LogP contribution in [0.3, 0.4) is 0 Å². The summed E-state index contributed by atoms with van der Waals surface area (Å²) in [6.07, 6.45) is 0. The molecular weight excluding hydrogens is 190 g/mol. The zero-order valence-corrected chi connectivity index (χ0v) is 8.16. The number of ether oxygens (including phenoxy) is 2. The standard InChI is InChI=1S/C8H13NO5/c1-6(2)9-14-5-8(11)13-4-7(10)12-3/h9H,1,4-5H2,2-3H3. The molecule has 0 spiro atoms. The molecule has 14 heavy (non-hydrogen) atoms. The fraction of sp³-hybridized carbons (Fsp3) is 0.500. The van der Waals surface area contributed by atoms with Crippen LogP contribution in [-0.2, 0) is 23.9 Å². The van der Waals surface area contributed by atoms with Crippen molar-refractivity contribution in [2.45, 2.75) is 6.92 Å². The Morgan fingerprint density at radius 1 is 1.29 bits per heavy atom. The molecule has 0 heterocycles. The van der Waals surface area contributed by atoms with Crippen LogP contribution in [0.2, 0.25) is 0 Å². The van der Waals surface area contributed by atoms with Gasteiger partial charge < -0.3 is 9.47 Å². The van der Waals surface area contributed by atoms with Crippen LogP contribution in [0.4, 0.5) is 0 Å². The van der Waals surface area contributed by atoms with Gasteiger partial charge in [-0.3, -0.25) is 10.3 Å². The monoisotopic (exact) mass is 203 g/mol. The predicted octanol–water partition coefficient (Wildman–Crippen LogP) is -0.243. The highest BCUT2D eigenvalue weighted by Gasteiger charge is 2.07. The highest BCUT2D eigenvalue weighted by molar-refractivity contribution is 5.76. The average Bonchev–Trinajstić information content (AvgIpc) is 2.13. The van der Waals surface area contributed by atoms with Crippen LogP contribution < -0.4 is 5.48 Å². The summed E-state index contributed by atoms with van der Waals surface area (Å²) in [6.45, 7) is 4.43. The first kappa shape index (κ1) is 12.4. The molecule has 0 fully saturated rings. The van der Waals surface area contributed by atoms with E-state index >= 15 is 0 Å². The van der Waals surface area contributed by atoms with Gasteiger partial charge in [-0.25, -0.2) is 9.59 Å². The molecule has 0 aromatic carbocycles. The molecule has 0 saturated heterocycles. The van der Waals surface area contributed by atoms with Gasteiger partial charge in [0.05, 0.1) is 7.11 Å². The van der Waals surface area contributed by atoms with E-state index in [2.05, 4.69) is 26.4 Å². The number of rotatable bonds is 6. The van der Waals surface area contributed by atoms with Gasteiger partial charge in [0.2, 0.25) is 0 Å². The molecule has 0 amide bonds. The second-order valence-electron chi connectivity index (χ2n) is 2.41. The van der Waals surface area contributed by atoms with Crippen molar-refractivity contribution >= 4 is 11.9 Å². The molecule has 0 aliphatic carbocycles. The first-order chi connectivity index (χ1) is 6.56. The van der Waals surface area contributed by atoms with Crippen molar-refractivity contribution in [1.29, 1.82) is 0 Å². The summed E-state index contributed by atoms with van der Waals surface area (Å²) >= 11 is 0. The third-order valence-corrected chi connectivity index (χ3v) is 1.02. The minimum absolute atomic E-state index is 0.302. The molecule has 0 unspecified atom stereocenters. The second kappa shape index (κ2) is 6.90. The van der Waals surface area contributed by atoms with E-state index in [4.69, 9.17) is 0 Å². The maximum absolute atomic E-state index is 10.8. The van der Waals surface area contributed by atoms with Crippen LogP contribution in [0.1, 0.15) is 6.92 Å². The van der Waals surface area contributed by atoms with Crippen molar-refractivity contribution in [2.24, 2.45) is 0 Å². The first-order valence-corrected chi connectivity index (χ1v) is 3.82. The number of hydrogen-bond acceptors (Lipinski definition) is 6. The molecule has 0 rings (SSSR count). The number of methoxy groups -OCH3 is 1. The highest BCUT2D eigenvalue weighted by Crippen LogP contribution is 1.84. The molecule has 0 aliphatic heterocycles. The Hall–Kier alpha value is -1.56. The van der Waals surface area contributed by atoms with E-state index in [9.17, 15) is 9.59 Å². The number of esters is 2. The van der Waals surface area contributed by atoms with Crippen LogP contribution in [0, 0.1) is 0 Å². The van der Waals surface area contributed by atoms with Crippen molar-refractivity contribution < 1.29 is 23.9 Å². The van der Waals surface area contributed by atoms with Crippen molar-refractivity contribution in [3.8, 4) is 0 Å². The zero-order chi connectivity index (χ0) is 11.0. The smallest absolute Gasteiger partial charge is 0.344 e. The predicted molar refractivity (Wildman–Crippen MR) is 46.9 cm³/mol. The quantitative estimate of drug-likeness (QED) is 0.474.